The number of aromatic nitrogens is 1. The van der Waals surface area contributed by atoms with Crippen molar-refractivity contribution in [3.05, 3.63) is 59.1 Å². The standard InChI is InChI=1S/C19H18ClN3O3/c1-2-26-11-10-23-16-9-4-3-8-15(16)17(19(23)25)21-22-18(24)13-6-5-7-14(20)12-13/h3-9,12,25H,2,10-11H2,1H3. The molecule has 0 aliphatic rings. The van der Waals surface area contributed by atoms with Crippen LogP contribution in [0.3, 0.4) is 0 Å². The molecule has 2 aromatic carbocycles. The van der Waals surface area contributed by atoms with Gasteiger partial charge >= 0.3 is 0 Å². The smallest absolute Gasteiger partial charge is 0.295 e. The first-order valence-corrected chi connectivity index (χ1v) is 8.59. The highest BCUT2D eigenvalue weighted by Gasteiger charge is 2.16. The van der Waals surface area contributed by atoms with Crippen molar-refractivity contribution < 1.29 is 14.6 Å². The second-order valence-corrected chi connectivity index (χ2v) is 5.99. The van der Waals surface area contributed by atoms with Crippen LogP contribution in [-0.4, -0.2) is 28.8 Å². The first kappa shape index (κ1) is 18.1. The number of carbonyl (C=O) groups excluding carboxylic acids is 1. The van der Waals surface area contributed by atoms with Gasteiger partial charge < -0.3 is 14.4 Å². The summed E-state index contributed by atoms with van der Waals surface area (Å²) in [6, 6.07) is 13.9. The molecule has 0 aliphatic carbocycles. The fourth-order valence-electron chi connectivity index (χ4n) is 2.67. The minimum atomic E-state index is -0.530. The van der Waals surface area contributed by atoms with Crippen molar-refractivity contribution in [1.82, 2.24) is 4.57 Å². The van der Waals surface area contributed by atoms with Gasteiger partial charge in [0.05, 0.1) is 12.1 Å². The number of azo groups is 1. The molecular formula is C19H18ClN3O3. The molecule has 3 rings (SSSR count). The van der Waals surface area contributed by atoms with Crippen LogP contribution in [0.25, 0.3) is 10.9 Å². The molecule has 3 aromatic rings. The molecule has 7 heteroatoms. The summed E-state index contributed by atoms with van der Waals surface area (Å²) < 4.78 is 7.06. The van der Waals surface area contributed by atoms with Crippen LogP contribution in [0.1, 0.15) is 17.3 Å². The third-order valence-corrected chi connectivity index (χ3v) is 4.13. The maximum absolute atomic E-state index is 12.2. The number of carbonyl (C=O) groups is 1. The van der Waals surface area contributed by atoms with E-state index in [0.717, 1.165) is 5.52 Å². The number of para-hydroxylation sites is 1. The highest BCUT2D eigenvalue weighted by atomic mass is 35.5. The number of halogens is 1. The number of hydrogen-bond acceptors (Lipinski definition) is 4. The third kappa shape index (κ3) is 3.76. The van der Waals surface area contributed by atoms with Crippen LogP contribution >= 0.6 is 11.6 Å². The van der Waals surface area contributed by atoms with Gasteiger partial charge in [0.25, 0.3) is 5.91 Å². The maximum atomic E-state index is 12.2. The van der Waals surface area contributed by atoms with Gasteiger partial charge in [0.1, 0.15) is 0 Å². The fraction of sp³-hybridized carbons (Fsp3) is 0.211. The Hall–Kier alpha value is -2.70. The topological polar surface area (TPSA) is 76.2 Å². The van der Waals surface area contributed by atoms with Gasteiger partial charge in [-0.1, -0.05) is 35.9 Å². The zero-order valence-corrected chi connectivity index (χ0v) is 15.0. The van der Waals surface area contributed by atoms with Gasteiger partial charge in [-0.2, -0.15) is 0 Å². The molecule has 26 heavy (non-hydrogen) atoms. The Morgan fingerprint density at radius 1 is 1.23 bits per heavy atom. The molecule has 0 spiro atoms. The molecule has 0 saturated carbocycles. The van der Waals surface area contributed by atoms with Crippen LogP contribution in [0.15, 0.2) is 58.8 Å². The van der Waals surface area contributed by atoms with Crippen LogP contribution in [0.5, 0.6) is 5.88 Å². The molecule has 1 N–H and O–H groups in total. The third-order valence-electron chi connectivity index (χ3n) is 3.89. The molecule has 6 nitrogen and oxygen atoms in total. The van der Waals surface area contributed by atoms with E-state index < -0.39 is 5.91 Å². The lowest BCUT2D eigenvalue weighted by Crippen LogP contribution is -2.05. The second kappa shape index (κ2) is 8.12. The van der Waals surface area contributed by atoms with E-state index in [2.05, 4.69) is 10.2 Å². The van der Waals surface area contributed by atoms with Crippen LogP contribution in [0.4, 0.5) is 5.69 Å². The molecule has 0 radical (unpaired) electrons. The summed E-state index contributed by atoms with van der Waals surface area (Å²) in [5.41, 5.74) is 1.39. The Labute approximate surface area is 155 Å². The Bertz CT molecular complexity index is 966. The summed E-state index contributed by atoms with van der Waals surface area (Å²) in [7, 11) is 0. The number of nitrogens with zero attached hydrogens (tertiary/aromatic N) is 3. The van der Waals surface area contributed by atoms with E-state index in [9.17, 15) is 9.90 Å². The van der Waals surface area contributed by atoms with Crippen LogP contribution in [0.2, 0.25) is 5.02 Å². The van der Waals surface area contributed by atoms with Gasteiger partial charge in [-0.25, -0.2) is 0 Å². The summed E-state index contributed by atoms with van der Waals surface area (Å²) in [6.45, 7) is 3.44. The molecule has 0 saturated heterocycles. The van der Waals surface area contributed by atoms with Crippen molar-refractivity contribution in [2.75, 3.05) is 13.2 Å². The predicted octanol–water partition coefficient (Wildman–Crippen LogP) is 4.96. The number of rotatable bonds is 6. The SMILES string of the molecule is CCOCCn1c(O)c(N=NC(=O)c2cccc(Cl)c2)c2ccccc21. The Morgan fingerprint density at radius 2 is 2.04 bits per heavy atom. The van der Waals surface area contributed by atoms with Gasteiger partial charge in [0, 0.05) is 29.1 Å². The molecular weight excluding hydrogens is 354 g/mol. The highest BCUT2D eigenvalue weighted by Crippen LogP contribution is 2.38. The summed E-state index contributed by atoms with van der Waals surface area (Å²) >= 11 is 5.89. The van der Waals surface area contributed by atoms with Crippen LogP contribution < -0.4 is 0 Å². The quantitative estimate of drug-likeness (QED) is 0.491. The van der Waals surface area contributed by atoms with Crippen molar-refractivity contribution in [3.63, 3.8) is 0 Å². The zero-order valence-electron chi connectivity index (χ0n) is 14.2. The molecule has 0 bridgehead atoms. The van der Waals surface area contributed by atoms with E-state index in [4.69, 9.17) is 16.3 Å². The van der Waals surface area contributed by atoms with Gasteiger partial charge in [-0.05, 0) is 31.2 Å². The summed E-state index contributed by atoms with van der Waals surface area (Å²) in [4.78, 5) is 12.2. The monoisotopic (exact) mass is 371 g/mol. The predicted molar refractivity (Wildman–Crippen MR) is 100 cm³/mol. The van der Waals surface area contributed by atoms with E-state index in [-0.39, 0.29) is 11.6 Å². The van der Waals surface area contributed by atoms with Crippen molar-refractivity contribution >= 4 is 34.1 Å². The van der Waals surface area contributed by atoms with Gasteiger partial charge in [-0.3, -0.25) is 4.79 Å². The van der Waals surface area contributed by atoms with Crippen LogP contribution in [0, 0.1) is 0 Å². The molecule has 134 valence electrons. The van der Waals surface area contributed by atoms with Crippen molar-refractivity contribution in [2.24, 2.45) is 10.2 Å². The average Bonchev–Trinajstić information content (AvgIpc) is 2.91. The van der Waals surface area contributed by atoms with Gasteiger partial charge in [0.15, 0.2) is 5.69 Å². The second-order valence-electron chi connectivity index (χ2n) is 5.55. The molecule has 0 unspecified atom stereocenters. The van der Waals surface area contributed by atoms with E-state index in [1.807, 2.05) is 31.2 Å². The van der Waals surface area contributed by atoms with Crippen molar-refractivity contribution in [2.45, 2.75) is 13.5 Å². The summed E-state index contributed by atoms with van der Waals surface area (Å²) in [5, 5.41) is 19.5. The Balaban J connectivity index is 1.94. The largest absolute Gasteiger partial charge is 0.493 e. The first-order valence-electron chi connectivity index (χ1n) is 8.21. The number of amides is 1. The van der Waals surface area contributed by atoms with E-state index >= 15 is 0 Å². The van der Waals surface area contributed by atoms with E-state index in [1.54, 1.807) is 22.8 Å². The molecule has 1 amide bonds. The van der Waals surface area contributed by atoms with Crippen LogP contribution in [-0.2, 0) is 11.3 Å². The van der Waals surface area contributed by atoms with Crippen molar-refractivity contribution in [3.8, 4) is 5.88 Å². The highest BCUT2D eigenvalue weighted by molar-refractivity contribution is 6.30. The number of benzene rings is 2. The first-order chi connectivity index (χ1) is 12.6. The number of aromatic hydroxyl groups is 1. The molecule has 0 aliphatic heterocycles. The lowest BCUT2D eigenvalue weighted by Gasteiger charge is -2.06. The lowest BCUT2D eigenvalue weighted by atomic mass is 10.2. The zero-order chi connectivity index (χ0) is 18.5. The number of fused-ring (bicyclic) bond motifs is 1. The minimum Gasteiger partial charge on any atom is -0.493 e. The number of hydrogen-bond donors (Lipinski definition) is 1. The molecule has 1 heterocycles. The lowest BCUT2D eigenvalue weighted by molar-refractivity contribution is 0.0995. The molecule has 1 aromatic heterocycles. The minimum absolute atomic E-state index is 0.0476. The number of ether oxygens (including phenoxy) is 1. The summed E-state index contributed by atoms with van der Waals surface area (Å²) in [6.07, 6.45) is 0. The molecule has 0 fully saturated rings. The van der Waals surface area contributed by atoms with E-state index in [0.29, 0.717) is 35.7 Å². The Morgan fingerprint density at radius 3 is 2.81 bits per heavy atom. The maximum Gasteiger partial charge on any atom is 0.295 e. The van der Waals surface area contributed by atoms with Gasteiger partial charge in [0.2, 0.25) is 5.88 Å². The average molecular weight is 372 g/mol. The van der Waals surface area contributed by atoms with Crippen molar-refractivity contribution in [1.29, 1.82) is 0 Å². The van der Waals surface area contributed by atoms with E-state index in [1.165, 1.54) is 6.07 Å². The fourth-order valence-corrected chi connectivity index (χ4v) is 2.86. The normalized spacial score (nSPS) is 11.5. The Kier molecular flexibility index (Phi) is 5.65. The summed E-state index contributed by atoms with van der Waals surface area (Å²) in [5.74, 6) is -0.577. The molecule has 0 atom stereocenters. The van der Waals surface area contributed by atoms with Gasteiger partial charge in [-0.15, -0.1) is 10.2 Å².